The molecular formula is C28H29N3O5. The number of methoxy groups -OCH3 is 1. The van der Waals surface area contributed by atoms with Gasteiger partial charge in [-0.15, -0.1) is 0 Å². The van der Waals surface area contributed by atoms with Gasteiger partial charge < -0.3 is 25.0 Å². The third-order valence-electron chi connectivity index (χ3n) is 5.94. The van der Waals surface area contributed by atoms with Crippen molar-refractivity contribution in [2.24, 2.45) is 5.92 Å². The number of nitrogens with one attached hydrogen (secondary N) is 2. The summed E-state index contributed by atoms with van der Waals surface area (Å²) >= 11 is 0. The van der Waals surface area contributed by atoms with Gasteiger partial charge in [-0.3, -0.25) is 14.4 Å². The van der Waals surface area contributed by atoms with Crippen LogP contribution in [0.15, 0.2) is 78.9 Å². The third kappa shape index (κ3) is 6.63. The van der Waals surface area contributed by atoms with Gasteiger partial charge in [-0.05, 0) is 60.5 Å². The standard InChI is InChI=1S/C28H29N3O5/c1-35-24-11-7-22(8-12-24)30-26(32)19-36-25-13-9-23(10-14-25)31-18-21(17-27(31)33)28(34)29-16-15-20-5-3-2-4-6-20/h2-14,21H,15-19H2,1H3,(H,29,34)(H,30,32)/t21-/m1/s1. The van der Waals surface area contributed by atoms with Crippen LogP contribution in [0.2, 0.25) is 0 Å². The molecule has 1 heterocycles. The van der Waals surface area contributed by atoms with Crippen molar-refractivity contribution in [3.63, 3.8) is 0 Å². The minimum Gasteiger partial charge on any atom is -0.497 e. The van der Waals surface area contributed by atoms with Crippen LogP contribution in [0.4, 0.5) is 11.4 Å². The van der Waals surface area contributed by atoms with Gasteiger partial charge in [0.2, 0.25) is 11.8 Å². The largest absolute Gasteiger partial charge is 0.497 e. The van der Waals surface area contributed by atoms with E-state index in [-0.39, 0.29) is 36.7 Å². The Balaban J connectivity index is 1.23. The predicted octanol–water partition coefficient (Wildman–Crippen LogP) is 3.42. The van der Waals surface area contributed by atoms with Gasteiger partial charge in [0, 0.05) is 30.9 Å². The lowest BCUT2D eigenvalue weighted by Crippen LogP contribution is -2.34. The number of anilines is 2. The Morgan fingerprint density at radius 3 is 2.33 bits per heavy atom. The fourth-order valence-electron chi connectivity index (χ4n) is 3.99. The summed E-state index contributed by atoms with van der Waals surface area (Å²) in [7, 11) is 1.58. The second-order valence-corrected chi connectivity index (χ2v) is 8.49. The highest BCUT2D eigenvalue weighted by Gasteiger charge is 2.34. The Bertz CT molecular complexity index is 1180. The van der Waals surface area contributed by atoms with Crippen molar-refractivity contribution < 1.29 is 23.9 Å². The molecule has 8 nitrogen and oxygen atoms in total. The summed E-state index contributed by atoms with van der Waals surface area (Å²) in [5, 5.41) is 5.70. The summed E-state index contributed by atoms with van der Waals surface area (Å²) < 4.78 is 10.7. The van der Waals surface area contributed by atoms with E-state index >= 15 is 0 Å². The fourth-order valence-corrected chi connectivity index (χ4v) is 3.99. The molecule has 3 aromatic carbocycles. The maximum atomic E-state index is 12.6. The number of nitrogens with zero attached hydrogens (tertiary/aromatic N) is 1. The first kappa shape index (κ1) is 24.8. The number of carbonyl (C=O) groups is 3. The minimum absolute atomic E-state index is 0.0919. The number of hydrogen-bond donors (Lipinski definition) is 2. The van der Waals surface area contributed by atoms with Crippen LogP contribution in [0.5, 0.6) is 11.5 Å². The summed E-state index contributed by atoms with van der Waals surface area (Å²) in [6.45, 7) is 0.714. The molecule has 0 bridgehead atoms. The van der Waals surface area contributed by atoms with Crippen LogP contribution < -0.4 is 25.0 Å². The molecule has 0 radical (unpaired) electrons. The molecule has 1 fully saturated rings. The third-order valence-corrected chi connectivity index (χ3v) is 5.94. The van der Waals surface area contributed by atoms with E-state index in [9.17, 15) is 14.4 Å². The van der Waals surface area contributed by atoms with Crippen molar-refractivity contribution in [1.82, 2.24) is 5.32 Å². The van der Waals surface area contributed by atoms with E-state index in [1.54, 1.807) is 60.5 Å². The van der Waals surface area contributed by atoms with Crippen molar-refractivity contribution in [3.8, 4) is 11.5 Å². The minimum atomic E-state index is -0.383. The molecule has 0 aliphatic carbocycles. The number of amides is 3. The normalized spacial score (nSPS) is 14.9. The number of ether oxygens (including phenoxy) is 2. The van der Waals surface area contributed by atoms with Gasteiger partial charge in [0.25, 0.3) is 5.91 Å². The Morgan fingerprint density at radius 2 is 1.64 bits per heavy atom. The van der Waals surface area contributed by atoms with Crippen LogP contribution in [-0.2, 0) is 20.8 Å². The quantitative estimate of drug-likeness (QED) is 0.457. The van der Waals surface area contributed by atoms with E-state index in [0.717, 1.165) is 12.0 Å². The zero-order chi connectivity index (χ0) is 25.3. The Labute approximate surface area is 210 Å². The average Bonchev–Trinajstić information content (AvgIpc) is 3.30. The van der Waals surface area contributed by atoms with Crippen molar-refractivity contribution in [1.29, 1.82) is 0 Å². The molecule has 4 rings (SSSR count). The molecule has 3 aromatic rings. The summed E-state index contributed by atoms with van der Waals surface area (Å²) in [6, 6.07) is 23.9. The molecule has 3 amide bonds. The Hall–Kier alpha value is -4.33. The molecule has 0 aromatic heterocycles. The Morgan fingerprint density at radius 1 is 0.944 bits per heavy atom. The molecule has 0 unspecified atom stereocenters. The smallest absolute Gasteiger partial charge is 0.262 e. The predicted molar refractivity (Wildman–Crippen MR) is 137 cm³/mol. The van der Waals surface area contributed by atoms with E-state index in [4.69, 9.17) is 9.47 Å². The van der Waals surface area contributed by atoms with Crippen molar-refractivity contribution in [3.05, 3.63) is 84.4 Å². The average molecular weight is 488 g/mol. The molecule has 0 spiro atoms. The highest BCUT2D eigenvalue weighted by atomic mass is 16.5. The zero-order valence-electron chi connectivity index (χ0n) is 20.1. The molecule has 186 valence electrons. The number of benzene rings is 3. The fraction of sp³-hybridized carbons (Fsp3) is 0.250. The van der Waals surface area contributed by atoms with Gasteiger partial charge >= 0.3 is 0 Å². The zero-order valence-corrected chi connectivity index (χ0v) is 20.1. The summed E-state index contributed by atoms with van der Waals surface area (Å²) in [5.74, 6) is 0.336. The summed E-state index contributed by atoms with van der Waals surface area (Å²) in [4.78, 5) is 38.9. The second-order valence-electron chi connectivity index (χ2n) is 8.49. The molecule has 2 N–H and O–H groups in total. The van der Waals surface area contributed by atoms with E-state index in [1.165, 1.54) is 0 Å². The first-order chi connectivity index (χ1) is 17.5. The second kappa shape index (κ2) is 11.9. The van der Waals surface area contributed by atoms with Crippen molar-refractivity contribution >= 4 is 29.1 Å². The lowest BCUT2D eigenvalue weighted by molar-refractivity contribution is -0.126. The van der Waals surface area contributed by atoms with Crippen LogP contribution in [0.1, 0.15) is 12.0 Å². The number of carbonyl (C=O) groups excluding carboxylic acids is 3. The van der Waals surface area contributed by atoms with Gasteiger partial charge in [0.05, 0.1) is 13.0 Å². The molecule has 8 heteroatoms. The number of hydrogen-bond acceptors (Lipinski definition) is 5. The first-order valence-corrected chi connectivity index (χ1v) is 11.8. The molecule has 1 atom stereocenters. The van der Waals surface area contributed by atoms with Gasteiger partial charge in [-0.2, -0.15) is 0 Å². The Kier molecular flexibility index (Phi) is 8.18. The van der Waals surface area contributed by atoms with E-state index in [0.29, 0.717) is 36.0 Å². The van der Waals surface area contributed by atoms with Crippen molar-refractivity contribution in [2.45, 2.75) is 12.8 Å². The maximum Gasteiger partial charge on any atom is 0.262 e. The lowest BCUT2D eigenvalue weighted by atomic mass is 10.1. The van der Waals surface area contributed by atoms with Crippen LogP contribution in [-0.4, -0.2) is 44.5 Å². The van der Waals surface area contributed by atoms with Crippen LogP contribution in [0.25, 0.3) is 0 Å². The topological polar surface area (TPSA) is 97.0 Å². The summed E-state index contributed by atoms with van der Waals surface area (Å²) in [6.07, 6.45) is 0.928. The molecule has 1 aliphatic heterocycles. The van der Waals surface area contributed by atoms with Crippen LogP contribution >= 0.6 is 0 Å². The van der Waals surface area contributed by atoms with E-state index < -0.39 is 0 Å². The van der Waals surface area contributed by atoms with Gasteiger partial charge in [0.15, 0.2) is 6.61 Å². The maximum absolute atomic E-state index is 12.6. The van der Waals surface area contributed by atoms with Gasteiger partial charge in [-0.1, -0.05) is 30.3 Å². The molecule has 1 aliphatic rings. The van der Waals surface area contributed by atoms with E-state index in [1.807, 2.05) is 30.3 Å². The van der Waals surface area contributed by atoms with Crippen LogP contribution in [0, 0.1) is 5.92 Å². The van der Waals surface area contributed by atoms with Crippen LogP contribution in [0.3, 0.4) is 0 Å². The van der Waals surface area contributed by atoms with Gasteiger partial charge in [-0.25, -0.2) is 0 Å². The molecule has 36 heavy (non-hydrogen) atoms. The number of rotatable bonds is 10. The SMILES string of the molecule is COc1ccc(NC(=O)COc2ccc(N3C[C@H](C(=O)NCCc4ccccc4)CC3=O)cc2)cc1. The highest BCUT2D eigenvalue weighted by Crippen LogP contribution is 2.27. The monoisotopic (exact) mass is 487 g/mol. The van der Waals surface area contributed by atoms with E-state index in [2.05, 4.69) is 10.6 Å². The highest BCUT2D eigenvalue weighted by molar-refractivity contribution is 6.00. The summed E-state index contributed by atoms with van der Waals surface area (Å²) in [5.41, 5.74) is 2.49. The van der Waals surface area contributed by atoms with Crippen molar-refractivity contribution in [2.75, 3.05) is 37.0 Å². The lowest BCUT2D eigenvalue weighted by Gasteiger charge is -2.17. The molecule has 0 saturated carbocycles. The van der Waals surface area contributed by atoms with Gasteiger partial charge in [0.1, 0.15) is 11.5 Å². The molecular weight excluding hydrogens is 458 g/mol. The first-order valence-electron chi connectivity index (χ1n) is 11.8. The molecule has 1 saturated heterocycles.